The van der Waals surface area contributed by atoms with Crippen molar-refractivity contribution in [2.45, 2.75) is 58.0 Å². The molecule has 0 aromatic carbocycles. The Labute approximate surface area is 124 Å². The molecule has 0 aromatic heterocycles. The van der Waals surface area contributed by atoms with Crippen LogP contribution >= 0.6 is 0 Å². The van der Waals surface area contributed by atoms with Gasteiger partial charge in [-0.15, -0.1) is 0 Å². The number of carbonyl (C=O) groups excluding carboxylic acids is 2. The summed E-state index contributed by atoms with van der Waals surface area (Å²) in [6.45, 7) is 4.58. The summed E-state index contributed by atoms with van der Waals surface area (Å²) in [5.74, 6) is -1.71. The van der Waals surface area contributed by atoms with E-state index in [4.69, 9.17) is 10.8 Å². The molecular formula is C14H25N3O4. The molecule has 0 aromatic rings. The second-order valence-corrected chi connectivity index (χ2v) is 6.00. The molecule has 120 valence electrons. The Bertz CT molecular complexity index is 392. The molecule has 1 unspecified atom stereocenters. The van der Waals surface area contributed by atoms with Gasteiger partial charge in [-0.1, -0.05) is 26.7 Å². The van der Waals surface area contributed by atoms with E-state index in [1.807, 2.05) is 13.8 Å². The predicted octanol–water partition coefficient (Wildman–Crippen LogP) is 0.925. The van der Waals surface area contributed by atoms with Gasteiger partial charge < -0.3 is 21.1 Å². The Morgan fingerprint density at radius 1 is 1.29 bits per heavy atom. The fourth-order valence-corrected chi connectivity index (χ4v) is 2.64. The monoisotopic (exact) mass is 299 g/mol. The second-order valence-electron chi connectivity index (χ2n) is 6.00. The molecule has 0 aliphatic heterocycles. The fraction of sp³-hybridized carbons (Fsp3) is 0.786. The van der Waals surface area contributed by atoms with Crippen LogP contribution in [0.25, 0.3) is 0 Å². The van der Waals surface area contributed by atoms with Crippen LogP contribution in [0.15, 0.2) is 0 Å². The van der Waals surface area contributed by atoms with Gasteiger partial charge in [0.25, 0.3) is 0 Å². The van der Waals surface area contributed by atoms with Crippen LogP contribution in [0, 0.1) is 5.92 Å². The van der Waals surface area contributed by atoms with Crippen molar-refractivity contribution in [3.05, 3.63) is 0 Å². The van der Waals surface area contributed by atoms with Crippen molar-refractivity contribution in [1.29, 1.82) is 0 Å². The number of carboxylic acid groups (broad SMARTS) is 1. The van der Waals surface area contributed by atoms with Crippen molar-refractivity contribution >= 4 is 17.9 Å². The van der Waals surface area contributed by atoms with Crippen LogP contribution in [0.3, 0.4) is 0 Å². The molecule has 4 N–H and O–H groups in total. The number of rotatable bonds is 7. The molecule has 7 heteroatoms. The molecule has 0 saturated heterocycles. The molecule has 0 radical (unpaired) electrons. The zero-order valence-electron chi connectivity index (χ0n) is 12.7. The summed E-state index contributed by atoms with van der Waals surface area (Å²) in [6.07, 6.45) is 3.63. The highest BCUT2D eigenvalue weighted by Gasteiger charge is 2.30. The molecule has 1 aliphatic carbocycles. The lowest BCUT2D eigenvalue weighted by Crippen LogP contribution is -2.52. The molecular weight excluding hydrogens is 274 g/mol. The van der Waals surface area contributed by atoms with E-state index < -0.39 is 30.4 Å². The number of carboxylic acids is 1. The van der Waals surface area contributed by atoms with Crippen molar-refractivity contribution in [1.82, 2.24) is 10.2 Å². The molecule has 0 spiro atoms. The Morgan fingerprint density at radius 2 is 1.86 bits per heavy atom. The van der Waals surface area contributed by atoms with Crippen LogP contribution in [0.1, 0.15) is 46.0 Å². The van der Waals surface area contributed by atoms with E-state index in [1.165, 1.54) is 0 Å². The average molecular weight is 299 g/mol. The van der Waals surface area contributed by atoms with E-state index in [0.29, 0.717) is 6.54 Å². The smallest absolute Gasteiger partial charge is 0.326 e. The average Bonchev–Trinajstić information content (AvgIpc) is 2.87. The molecule has 0 bridgehead atoms. The first-order valence-electron chi connectivity index (χ1n) is 7.39. The number of hydrogen-bond acceptors (Lipinski definition) is 3. The Balaban J connectivity index is 2.73. The number of urea groups is 1. The maximum absolute atomic E-state index is 12.4. The highest BCUT2D eigenvalue weighted by molar-refractivity contribution is 5.87. The summed E-state index contributed by atoms with van der Waals surface area (Å²) in [5.41, 5.74) is 5.02. The number of primary amides is 1. The minimum Gasteiger partial charge on any atom is -0.480 e. The molecule has 3 amide bonds. The zero-order chi connectivity index (χ0) is 16.0. The molecule has 1 fully saturated rings. The van der Waals surface area contributed by atoms with Crippen LogP contribution in [-0.4, -0.2) is 46.5 Å². The topological polar surface area (TPSA) is 113 Å². The van der Waals surface area contributed by atoms with Crippen molar-refractivity contribution in [3.8, 4) is 0 Å². The number of nitrogens with zero attached hydrogens (tertiary/aromatic N) is 1. The van der Waals surface area contributed by atoms with E-state index in [9.17, 15) is 14.4 Å². The van der Waals surface area contributed by atoms with Gasteiger partial charge in [0, 0.05) is 12.6 Å². The zero-order valence-corrected chi connectivity index (χ0v) is 12.7. The Morgan fingerprint density at radius 3 is 2.29 bits per heavy atom. The van der Waals surface area contributed by atoms with E-state index in [1.54, 1.807) is 4.90 Å². The number of hydrogen-bond donors (Lipinski definition) is 3. The minimum absolute atomic E-state index is 0.149. The van der Waals surface area contributed by atoms with Crippen molar-refractivity contribution < 1.29 is 19.5 Å². The summed E-state index contributed by atoms with van der Waals surface area (Å²) in [7, 11) is 0. The lowest BCUT2D eigenvalue weighted by atomic mass is 10.1. The third-order valence-electron chi connectivity index (χ3n) is 3.59. The normalized spacial score (nSPS) is 16.7. The molecule has 1 rings (SSSR count). The highest BCUT2D eigenvalue weighted by Crippen LogP contribution is 2.24. The second kappa shape index (κ2) is 7.85. The Hall–Kier alpha value is -1.79. The highest BCUT2D eigenvalue weighted by atomic mass is 16.4. The first-order valence-corrected chi connectivity index (χ1v) is 7.39. The third kappa shape index (κ3) is 5.61. The summed E-state index contributed by atoms with van der Waals surface area (Å²) in [6, 6.07) is -1.55. The van der Waals surface area contributed by atoms with Crippen molar-refractivity contribution in [2.24, 2.45) is 11.7 Å². The number of amides is 3. The summed E-state index contributed by atoms with van der Waals surface area (Å²) < 4.78 is 0. The van der Waals surface area contributed by atoms with Gasteiger partial charge in [-0.3, -0.25) is 4.79 Å². The molecule has 0 heterocycles. The van der Waals surface area contributed by atoms with Crippen LogP contribution < -0.4 is 11.1 Å². The first-order chi connectivity index (χ1) is 9.81. The molecule has 7 nitrogen and oxygen atoms in total. The standard InChI is InChI=1S/C14H25N3O4/c1-9(2)8-17(10-5-3-4-6-10)14(21)16-11(13(19)20)7-12(15)18/h9-11H,3-8H2,1-2H3,(H2,15,18)(H,16,21)(H,19,20). The number of nitrogens with two attached hydrogens (primary N) is 1. The molecule has 1 aliphatic rings. The molecule has 1 atom stereocenters. The van der Waals surface area contributed by atoms with Crippen molar-refractivity contribution in [2.75, 3.05) is 6.54 Å². The van der Waals surface area contributed by atoms with E-state index in [2.05, 4.69) is 5.32 Å². The number of nitrogens with one attached hydrogen (secondary N) is 1. The van der Waals surface area contributed by atoms with Gasteiger partial charge >= 0.3 is 12.0 Å². The largest absolute Gasteiger partial charge is 0.480 e. The maximum atomic E-state index is 12.4. The van der Waals surface area contributed by atoms with Gasteiger partial charge in [-0.2, -0.15) is 0 Å². The predicted molar refractivity (Wildman–Crippen MR) is 77.6 cm³/mol. The quantitative estimate of drug-likeness (QED) is 0.649. The Kier molecular flexibility index (Phi) is 6.45. The maximum Gasteiger partial charge on any atom is 0.326 e. The van der Waals surface area contributed by atoms with Crippen LogP contribution in [0.5, 0.6) is 0 Å². The van der Waals surface area contributed by atoms with E-state index in [0.717, 1.165) is 25.7 Å². The molecule has 1 saturated carbocycles. The van der Waals surface area contributed by atoms with Gasteiger partial charge in [-0.05, 0) is 18.8 Å². The van der Waals surface area contributed by atoms with Gasteiger partial charge in [0.1, 0.15) is 6.04 Å². The SMILES string of the molecule is CC(C)CN(C(=O)NC(CC(N)=O)C(=O)O)C1CCCC1. The fourth-order valence-electron chi connectivity index (χ4n) is 2.64. The number of aliphatic carboxylic acids is 1. The lowest BCUT2D eigenvalue weighted by Gasteiger charge is -2.31. The van der Waals surface area contributed by atoms with E-state index in [-0.39, 0.29) is 12.0 Å². The number of carbonyl (C=O) groups is 3. The summed E-state index contributed by atoms with van der Waals surface area (Å²) in [4.78, 5) is 36.1. The van der Waals surface area contributed by atoms with Crippen molar-refractivity contribution in [3.63, 3.8) is 0 Å². The van der Waals surface area contributed by atoms with Gasteiger partial charge in [0.15, 0.2) is 0 Å². The minimum atomic E-state index is -1.27. The van der Waals surface area contributed by atoms with Gasteiger partial charge in [-0.25, -0.2) is 9.59 Å². The lowest BCUT2D eigenvalue weighted by molar-refractivity contribution is -0.141. The first kappa shape index (κ1) is 17.3. The molecule has 21 heavy (non-hydrogen) atoms. The summed E-state index contributed by atoms with van der Waals surface area (Å²) in [5, 5.41) is 11.5. The van der Waals surface area contributed by atoms with Gasteiger partial charge in [0.2, 0.25) is 5.91 Å². The van der Waals surface area contributed by atoms with Crippen LogP contribution in [0.4, 0.5) is 4.79 Å². The van der Waals surface area contributed by atoms with Gasteiger partial charge in [0.05, 0.1) is 6.42 Å². The summed E-state index contributed by atoms with van der Waals surface area (Å²) >= 11 is 0. The van der Waals surface area contributed by atoms with Crippen LogP contribution in [0.2, 0.25) is 0 Å². The third-order valence-corrected chi connectivity index (χ3v) is 3.59. The van der Waals surface area contributed by atoms with E-state index >= 15 is 0 Å². The van der Waals surface area contributed by atoms with Crippen LogP contribution in [-0.2, 0) is 9.59 Å².